The molecule has 236 valence electrons. The van der Waals surface area contributed by atoms with Gasteiger partial charge in [0, 0.05) is 37.7 Å². The van der Waals surface area contributed by atoms with Gasteiger partial charge in [-0.1, -0.05) is 13.8 Å². The van der Waals surface area contributed by atoms with Crippen molar-refractivity contribution >= 4 is 57.1 Å². The number of thiophene rings is 4. The molecule has 0 atom stereocenters. The average molecular weight is 681 g/mol. The van der Waals surface area contributed by atoms with Gasteiger partial charge < -0.3 is 18.9 Å². The van der Waals surface area contributed by atoms with E-state index in [4.69, 9.17) is 18.9 Å². The van der Waals surface area contributed by atoms with E-state index in [-0.39, 0.29) is 0 Å². The van der Waals surface area contributed by atoms with Gasteiger partial charge in [0.2, 0.25) is 0 Å². The highest BCUT2D eigenvalue weighted by molar-refractivity contribution is 7.99. The van der Waals surface area contributed by atoms with Gasteiger partial charge in [-0.05, 0) is 71.7 Å². The van der Waals surface area contributed by atoms with Gasteiger partial charge in [0.25, 0.3) is 0 Å². The van der Waals surface area contributed by atoms with Crippen LogP contribution < -0.4 is 18.9 Å². The van der Waals surface area contributed by atoms with E-state index in [1.54, 1.807) is 59.6 Å². The first-order chi connectivity index (χ1) is 21.1. The van der Waals surface area contributed by atoms with Gasteiger partial charge in [-0.3, -0.25) is 9.80 Å². The Labute approximate surface area is 277 Å². The maximum absolute atomic E-state index is 6.22. The van der Waals surface area contributed by atoms with Crippen molar-refractivity contribution in [2.75, 3.05) is 52.0 Å². The molecule has 4 heterocycles. The molecule has 0 saturated carbocycles. The first kappa shape index (κ1) is 34.1. The number of ether oxygens (including phenoxy) is 4. The van der Waals surface area contributed by atoms with Crippen LogP contribution in [0.1, 0.15) is 46.2 Å². The Bertz CT molecular complexity index is 1220. The van der Waals surface area contributed by atoms with Crippen LogP contribution in [0.4, 0.5) is 0 Å². The minimum Gasteiger partial charge on any atom is -0.496 e. The fourth-order valence-electron chi connectivity index (χ4n) is 4.79. The lowest BCUT2D eigenvalue weighted by Gasteiger charge is -2.21. The van der Waals surface area contributed by atoms with Crippen LogP contribution in [0.15, 0.2) is 45.8 Å². The summed E-state index contributed by atoms with van der Waals surface area (Å²) in [4.78, 5) is 10.1. The normalized spacial score (nSPS) is 11.5. The van der Waals surface area contributed by atoms with E-state index in [0.29, 0.717) is 13.2 Å². The van der Waals surface area contributed by atoms with Crippen LogP contribution >= 0.6 is 57.1 Å². The molecule has 0 saturated heterocycles. The van der Waals surface area contributed by atoms with Crippen LogP contribution in [0.5, 0.6) is 23.0 Å². The molecular formula is C32H44N2O4S5. The van der Waals surface area contributed by atoms with Crippen molar-refractivity contribution in [1.29, 1.82) is 0 Å². The minimum absolute atomic E-state index is 0.697. The molecule has 0 unspecified atom stereocenters. The van der Waals surface area contributed by atoms with E-state index in [0.717, 1.165) is 86.6 Å². The highest BCUT2D eigenvalue weighted by atomic mass is 32.2. The van der Waals surface area contributed by atoms with Crippen LogP contribution in [0.25, 0.3) is 0 Å². The van der Waals surface area contributed by atoms with Gasteiger partial charge in [0.1, 0.15) is 23.0 Å². The van der Waals surface area contributed by atoms with E-state index in [1.165, 1.54) is 19.5 Å². The maximum Gasteiger partial charge on any atom is 0.134 e. The summed E-state index contributed by atoms with van der Waals surface area (Å²) in [5.41, 5.74) is 0. The smallest absolute Gasteiger partial charge is 0.134 e. The zero-order chi connectivity index (χ0) is 30.3. The number of rotatable bonds is 22. The molecule has 4 aromatic heterocycles. The molecule has 0 amide bonds. The Morgan fingerprint density at radius 2 is 0.907 bits per heavy atom. The Morgan fingerprint density at radius 1 is 0.558 bits per heavy atom. The van der Waals surface area contributed by atoms with Crippen LogP contribution in [0, 0.1) is 0 Å². The third-order valence-electron chi connectivity index (χ3n) is 6.78. The van der Waals surface area contributed by atoms with E-state index in [9.17, 15) is 0 Å². The third kappa shape index (κ3) is 10.7. The van der Waals surface area contributed by atoms with Crippen molar-refractivity contribution in [2.45, 2.75) is 52.9 Å². The van der Waals surface area contributed by atoms with Gasteiger partial charge in [-0.25, -0.2) is 0 Å². The maximum atomic E-state index is 6.22. The van der Waals surface area contributed by atoms with Crippen LogP contribution in [0.3, 0.4) is 0 Å². The topological polar surface area (TPSA) is 43.4 Å². The van der Waals surface area contributed by atoms with Gasteiger partial charge >= 0.3 is 0 Å². The van der Waals surface area contributed by atoms with Crippen molar-refractivity contribution in [1.82, 2.24) is 9.80 Å². The van der Waals surface area contributed by atoms with Crippen molar-refractivity contribution < 1.29 is 18.9 Å². The van der Waals surface area contributed by atoms with Gasteiger partial charge in [-0.2, -0.15) is 11.8 Å². The fourth-order valence-corrected chi connectivity index (χ4v) is 8.87. The van der Waals surface area contributed by atoms with Crippen molar-refractivity contribution in [2.24, 2.45) is 0 Å². The summed E-state index contributed by atoms with van der Waals surface area (Å²) in [6, 6.07) is 8.33. The molecule has 0 bridgehead atoms. The molecule has 6 nitrogen and oxygen atoms in total. The predicted octanol–water partition coefficient (Wildman–Crippen LogP) is 8.97. The van der Waals surface area contributed by atoms with Gasteiger partial charge in [0.15, 0.2) is 0 Å². The minimum atomic E-state index is 0.697. The zero-order valence-electron chi connectivity index (χ0n) is 25.7. The molecule has 0 radical (unpaired) electrons. The highest BCUT2D eigenvalue weighted by Gasteiger charge is 2.16. The van der Waals surface area contributed by atoms with Gasteiger partial charge in [-0.15, -0.1) is 45.3 Å². The molecule has 0 aliphatic rings. The summed E-state index contributed by atoms with van der Waals surface area (Å²) in [6.45, 7) is 11.5. The lowest BCUT2D eigenvalue weighted by atomic mass is 10.3. The summed E-state index contributed by atoms with van der Waals surface area (Å²) in [6.07, 6.45) is 2.23. The summed E-state index contributed by atoms with van der Waals surface area (Å²) >= 11 is 8.96. The molecule has 0 aliphatic carbocycles. The molecule has 0 aromatic carbocycles. The monoisotopic (exact) mass is 680 g/mol. The fraction of sp³-hybridized carbons (Fsp3) is 0.500. The third-order valence-corrected chi connectivity index (χ3v) is 11.2. The summed E-state index contributed by atoms with van der Waals surface area (Å²) in [5, 5.41) is 8.48. The van der Waals surface area contributed by atoms with Gasteiger partial charge in [0.05, 0.1) is 46.9 Å². The van der Waals surface area contributed by atoms with E-state index in [2.05, 4.69) is 69.4 Å². The molecule has 4 rings (SSSR count). The van der Waals surface area contributed by atoms with Crippen LogP contribution in [0.2, 0.25) is 0 Å². The number of hydrogen-bond donors (Lipinski definition) is 0. The molecule has 0 fully saturated rings. The van der Waals surface area contributed by atoms with E-state index < -0.39 is 0 Å². The van der Waals surface area contributed by atoms with Crippen molar-refractivity contribution in [3.8, 4) is 23.0 Å². The summed E-state index contributed by atoms with van der Waals surface area (Å²) < 4.78 is 23.5. The first-order valence-corrected chi connectivity index (χ1v) is 19.4. The predicted molar refractivity (Wildman–Crippen MR) is 188 cm³/mol. The largest absolute Gasteiger partial charge is 0.496 e. The summed E-state index contributed by atoms with van der Waals surface area (Å²) in [7, 11) is 3.50. The molecular weight excluding hydrogens is 637 g/mol. The SMILES string of the molecule is CCCN(Cc1sccc1OC)Cc1sccc1OCCSCCOc1ccsc1CN(CCC)Cc1sccc1OC. The number of thioether (sulfide) groups is 1. The zero-order valence-corrected chi connectivity index (χ0v) is 29.8. The van der Waals surface area contributed by atoms with E-state index in [1.807, 2.05) is 11.8 Å². The van der Waals surface area contributed by atoms with Crippen LogP contribution in [-0.2, 0) is 26.2 Å². The number of nitrogens with zero attached hydrogens (tertiary/aromatic N) is 2. The first-order valence-electron chi connectivity index (χ1n) is 14.8. The van der Waals surface area contributed by atoms with E-state index >= 15 is 0 Å². The Kier molecular flexibility index (Phi) is 15.0. The molecule has 0 aliphatic heterocycles. The number of hydrogen-bond acceptors (Lipinski definition) is 11. The molecule has 0 spiro atoms. The lowest BCUT2D eigenvalue weighted by Crippen LogP contribution is -2.23. The van der Waals surface area contributed by atoms with Crippen molar-refractivity contribution in [3.05, 3.63) is 65.3 Å². The molecule has 43 heavy (non-hydrogen) atoms. The second-order valence-corrected chi connectivity index (χ2v) is 15.2. The Hall–Kier alpha value is -1.73. The van der Waals surface area contributed by atoms with Crippen LogP contribution in [-0.4, -0.2) is 61.8 Å². The standard InChI is InChI=1S/C32H44N2O4S5/c1-5-11-33(21-29-25(35-3)7-15-40-29)23-31-27(9-17-42-31)37-13-19-39-20-14-38-28-10-18-43-32(28)24-34(12-6-2)22-30-26(36-4)8-16-41-30/h7-10,15-18H,5-6,11-14,19-24H2,1-4H3. The quantitative estimate of drug-likeness (QED) is 0.0768. The number of methoxy groups -OCH3 is 2. The lowest BCUT2D eigenvalue weighted by molar-refractivity contribution is 0.251. The second kappa shape index (κ2) is 18.9. The molecule has 4 aromatic rings. The highest BCUT2D eigenvalue weighted by Crippen LogP contribution is 2.32. The Balaban J connectivity index is 1.17. The summed E-state index contributed by atoms with van der Waals surface area (Å²) in [5.74, 6) is 5.87. The van der Waals surface area contributed by atoms with Crippen molar-refractivity contribution in [3.63, 3.8) is 0 Å². The molecule has 0 N–H and O–H groups in total. The second-order valence-electron chi connectivity index (χ2n) is 9.97. The molecule has 11 heteroatoms. The average Bonchev–Trinajstić information content (AvgIpc) is 3.82. The Morgan fingerprint density at radius 3 is 1.26 bits per heavy atom.